The van der Waals surface area contributed by atoms with Gasteiger partial charge in [0.1, 0.15) is 0 Å². The van der Waals surface area contributed by atoms with Crippen molar-refractivity contribution in [2.24, 2.45) is 0 Å². The van der Waals surface area contributed by atoms with Gasteiger partial charge < -0.3 is 9.90 Å². The van der Waals surface area contributed by atoms with Gasteiger partial charge in [0.15, 0.2) is 0 Å². The Morgan fingerprint density at radius 2 is 1.19 bits per heavy atom. The van der Waals surface area contributed by atoms with Crippen LogP contribution in [0.3, 0.4) is 0 Å². The molecular weight excluding hydrogens is 307 g/mol. The molecular formula is C13H26O2Sn. The molecule has 0 fully saturated rings. The predicted octanol–water partition coefficient (Wildman–Crippen LogP) is 3.02. The molecule has 3 heteroatoms. The van der Waals surface area contributed by atoms with E-state index in [4.69, 9.17) is 0 Å². The molecule has 0 saturated carbocycles. The van der Waals surface area contributed by atoms with Gasteiger partial charge in [0, 0.05) is 0 Å². The van der Waals surface area contributed by atoms with Crippen molar-refractivity contribution in [2.45, 2.75) is 60.3 Å². The Labute approximate surface area is 108 Å². The Kier molecular flexibility index (Phi) is 10.4. The van der Waals surface area contributed by atoms with Crippen molar-refractivity contribution in [1.29, 1.82) is 0 Å². The van der Waals surface area contributed by atoms with Crippen molar-refractivity contribution >= 4 is 25.7 Å². The van der Waals surface area contributed by atoms with Crippen LogP contribution in [0.1, 0.15) is 48.5 Å². The van der Waals surface area contributed by atoms with Crippen LogP contribution in [-0.2, 0) is 4.79 Å². The second-order valence-electron chi connectivity index (χ2n) is 5.03. The molecule has 0 spiro atoms. The summed E-state index contributed by atoms with van der Waals surface area (Å²) in [4.78, 5) is 9.49. The normalized spacial score (nSPS) is 10.1. The van der Waals surface area contributed by atoms with E-state index in [0.717, 1.165) is 11.8 Å². The predicted molar refractivity (Wildman–Crippen MR) is 70.9 cm³/mol. The van der Waals surface area contributed by atoms with Crippen LogP contribution in [0.4, 0.5) is 0 Å². The van der Waals surface area contributed by atoms with Crippen LogP contribution in [0, 0.1) is 0 Å². The first kappa shape index (κ1) is 18.4. The van der Waals surface area contributed by atoms with E-state index in [1.807, 2.05) is 0 Å². The molecule has 0 saturated heterocycles. The van der Waals surface area contributed by atoms with Gasteiger partial charge in [-0.2, -0.15) is 0 Å². The van der Waals surface area contributed by atoms with Crippen LogP contribution in [0.15, 0.2) is 12.2 Å². The minimum absolute atomic E-state index is 0.0648. The maximum atomic E-state index is 9.49. The van der Waals surface area contributed by atoms with Gasteiger partial charge in [0.05, 0.1) is 5.97 Å². The molecule has 16 heavy (non-hydrogen) atoms. The summed E-state index contributed by atoms with van der Waals surface area (Å²) in [6, 6.07) is 0. The van der Waals surface area contributed by atoms with Crippen LogP contribution in [0.2, 0.25) is 11.8 Å². The molecule has 0 atom stereocenters. The molecule has 2 nitrogen and oxygen atoms in total. The van der Waals surface area contributed by atoms with E-state index >= 15 is 0 Å². The Balaban J connectivity index is 0. The van der Waals surface area contributed by atoms with Gasteiger partial charge >= 0.3 is 73.1 Å². The molecule has 0 bridgehead atoms. The Hall–Kier alpha value is 0.00870. The summed E-state index contributed by atoms with van der Waals surface area (Å²) in [5.74, 6) is -1.19. The zero-order valence-corrected chi connectivity index (χ0v) is 14.6. The average molecular weight is 333 g/mol. The first-order valence-electron chi connectivity index (χ1n) is 5.84. The molecule has 0 N–H and O–H groups in total. The van der Waals surface area contributed by atoms with E-state index in [9.17, 15) is 9.90 Å². The SMILES string of the molecule is C=C(C)C(=O)[O-].C[CH](C)[Sn+]([CH](C)C)[CH](C)C. The number of hydrogen-bond acceptors (Lipinski definition) is 2. The quantitative estimate of drug-likeness (QED) is 0.586. The molecule has 0 aliphatic rings. The zero-order valence-electron chi connectivity index (χ0n) is 11.8. The van der Waals surface area contributed by atoms with Crippen LogP contribution in [0.25, 0.3) is 0 Å². The number of carbonyl (C=O) groups is 1. The van der Waals surface area contributed by atoms with Crippen LogP contribution < -0.4 is 5.11 Å². The van der Waals surface area contributed by atoms with E-state index in [-0.39, 0.29) is 5.57 Å². The van der Waals surface area contributed by atoms with Crippen LogP contribution in [-0.4, -0.2) is 25.7 Å². The molecule has 0 heterocycles. The third kappa shape index (κ3) is 9.25. The summed E-state index contributed by atoms with van der Waals surface area (Å²) < 4.78 is 3.09. The maximum absolute atomic E-state index is 9.49. The Morgan fingerprint density at radius 3 is 1.19 bits per heavy atom. The molecule has 0 rings (SSSR count). The Bertz CT molecular complexity index is 189. The van der Waals surface area contributed by atoms with Gasteiger partial charge in [-0.3, -0.25) is 0 Å². The van der Waals surface area contributed by atoms with Crippen molar-refractivity contribution in [3.05, 3.63) is 12.2 Å². The minimum atomic E-state index is -1.19. The second-order valence-corrected chi connectivity index (χ2v) is 17.8. The van der Waals surface area contributed by atoms with E-state index in [1.54, 1.807) is 0 Å². The molecule has 0 aromatic rings. The van der Waals surface area contributed by atoms with Crippen molar-refractivity contribution < 1.29 is 9.90 Å². The Morgan fingerprint density at radius 1 is 1.00 bits per heavy atom. The van der Waals surface area contributed by atoms with Crippen LogP contribution >= 0.6 is 0 Å². The van der Waals surface area contributed by atoms with Crippen LogP contribution in [0.5, 0.6) is 0 Å². The van der Waals surface area contributed by atoms with Gasteiger partial charge in [0.2, 0.25) is 0 Å². The summed E-state index contributed by atoms with van der Waals surface area (Å²) in [5, 5.41) is 9.49. The molecule has 0 radical (unpaired) electrons. The third-order valence-electron chi connectivity index (χ3n) is 2.35. The topological polar surface area (TPSA) is 40.1 Å². The first-order chi connectivity index (χ1) is 7.11. The fourth-order valence-corrected chi connectivity index (χ4v) is 13.4. The van der Waals surface area contributed by atoms with Crippen molar-refractivity contribution in [1.82, 2.24) is 0 Å². The third-order valence-corrected chi connectivity index (χ3v) is 13.8. The number of hydrogen-bond donors (Lipinski definition) is 0. The zero-order chi connectivity index (χ0) is 13.5. The van der Waals surface area contributed by atoms with Crippen molar-refractivity contribution in [3.8, 4) is 0 Å². The van der Waals surface area contributed by atoms with E-state index in [1.165, 1.54) is 6.92 Å². The standard InChI is InChI=1S/C4H6O2.3C3H7.Sn/c1-3(2)4(5)6;3*1-3-2;/h1H2,2H3,(H,5,6);3*3H,1-2H3;/q;;;;+1/p-1. The number of carboxylic acids is 1. The van der Waals surface area contributed by atoms with Gasteiger partial charge in [-0.15, -0.1) is 0 Å². The van der Waals surface area contributed by atoms with Gasteiger partial charge in [-0.1, -0.05) is 6.58 Å². The number of carboxylic acid groups (broad SMARTS) is 1. The summed E-state index contributed by atoms with van der Waals surface area (Å²) in [7, 11) is 0. The number of carbonyl (C=O) groups excluding carboxylic acids is 1. The summed E-state index contributed by atoms with van der Waals surface area (Å²) in [6.45, 7) is 18.9. The van der Waals surface area contributed by atoms with Crippen molar-refractivity contribution in [2.75, 3.05) is 0 Å². The molecule has 0 aromatic heterocycles. The molecule has 94 valence electrons. The first-order valence-corrected chi connectivity index (χ1v) is 10.8. The molecule has 0 unspecified atom stereocenters. The summed E-state index contributed by atoms with van der Waals surface area (Å²) in [5.41, 5.74) is 0.0648. The molecule has 0 aliphatic carbocycles. The van der Waals surface area contributed by atoms with E-state index in [2.05, 4.69) is 48.1 Å². The molecule has 0 aromatic carbocycles. The van der Waals surface area contributed by atoms with E-state index in [0.29, 0.717) is 0 Å². The number of aliphatic carboxylic acids is 1. The average Bonchev–Trinajstić information content (AvgIpc) is 2.01. The van der Waals surface area contributed by atoms with Crippen molar-refractivity contribution in [3.63, 3.8) is 0 Å². The number of rotatable bonds is 4. The van der Waals surface area contributed by atoms with Gasteiger partial charge in [-0.05, 0) is 12.5 Å². The molecule has 0 aliphatic heterocycles. The summed E-state index contributed by atoms with van der Waals surface area (Å²) in [6.07, 6.45) is 0. The fraction of sp³-hybridized carbons (Fsp3) is 0.769. The monoisotopic (exact) mass is 334 g/mol. The molecule has 0 amide bonds. The van der Waals surface area contributed by atoms with Gasteiger partial charge in [0.25, 0.3) is 0 Å². The fourth-order valence-electron chi connectivity index (χ4n) is 2.00. The van der Waals surface area contributed by atoms with Gasteiger partial charge in [-0.25, -0.2) is 0 Å². The summed E-state index contributed by atoms with van der Waals surface area (Å²) >= 11 is -1.01. The second kappa shape index (κ2) is 9.08. The van der Waals surface area contributed by atoms with E-state index < -0.39 is 25.7 Å².